The van der Waals surface area contributed by atoms with Crippen LogP contribution < -0.4 is 10.4 Å². The molecule has 1 aromatic carbocycles. The maximum atomic E-state index is 11.5. The Bertz CT molecular complexity index is 640. The molecule has 18 heavy (non-hydrogen) atoms. The van der Waals surface area contributed by atoms with Gasteiger partial charge in [-0.2, -0.15) is 0 Å². The molecule has 0 radical (unpaired) electrons. The molecule has 1 aromatic heterocycles. The van der Waals surface area contributed by atoms with Gasteiger partial charge < -0.3 is 13.9 Å². The molecule has 0 atom stereocenters. The first kappa shape index (κ1) is 12.2. The summed E-state index contributed by atoms with van der Waals surface area (Å²) in [5.41, 5.74) is 0.852. The van der Waals surface area contributed by atoms with Gasteiger partial charge in [0.25, 0.3) is 0 Å². The number of fused-ring (bicyclic) bond motifs is 1. The molecule has 0 aliphatic heterocycles. The van der Waals surface area contributed by atoms with E-state index >= 15 is 0 Å². The van der Waals surface area contributed by atoms with Crippen LogP contribution in [0.5, 0.6) is 5.75 Å². The molecule has 0 N–H and O–H groups in total. The lowest BCUT2D eigenvalue weighted by molar-refractivity contribution is 0.203. The van der Waals surface area contributed by atoms with Crippen LogP contribution >= 0.6 is 0 Å². The molecule has 0 aliphatic rings. The Balaban J connectivity index is 2.51. The lowest BCUT2D eigenvalue weighted by Crippen LogP contribution is -2.02. The molecule has 4 heteroatoms. The first-order chi connectivity index (χ1) is 8.60. The molecule has 4 nitrogen and oxygen atoms in total. The fourth-order valence-corrected chi connectivity index (χ4v) is 1.66. The van der Waals surface area contributed by atoms with Crippen molar-refractivity contribution in [3.8, 4) is 5.75 Å². The van der Waals surface area contributed by atoms with Crippen LogP contribution in [0.25, 0.3) is 11.0 Å². The number of hydrogen-bond donors (Lipinski definition) is 0. The molecular weight excluding hydrogens is 232 g/mol. The van der Waals surface area contributed by atoms with Crippen molar-refractivity contribution in [2.24, 2.45) is 0 Å². The summed E-state index contributed by atoms with van der Waals surface area (Å²) in [5.74, 6) is 1.24. The molecule has 0 saturated heterocycles. The number of hydrogen-bond acceptors (Lipinski definition) is 4. The van der Waals surface area contributed by atoms with Crippen LogP contribution in [0.2, 0.25) is 0 Å². The molecule has 0 fully saturated rings. The van der Waals surface area contributed by atoms with Gasteiger partial charge >= 0.3 is 5.63 Å². The molecule has 2 aromatic rings. The van der Waals surface area contributed by atoms with E-state index in [1.165, 1.54) is 6.07 Å². The van der Waals surface area contributed by atoms with Crippen LogP contribution in [0.1, 0.15) is 12.5 Å². The van der Waals surface area contributed by atoms with E-state index in [2.05, 4.69) is 6.58 Å². The summed E-state index contributed by atoms with van der Waals surface area (Å²) in [4.78, 5) is 11.5. The first-order valence-electron chi connectivity index (χ1n) is 5.49. The van der Waals surface area contributed by atoms with Crippen molar-refractivity contribution in [2.45, 2.75) is 13.5 Å². The molecule has 0 saturated carbocycles. The van der Waals surface area contributed by atoms with E-state index in [9.17, 15) is 4.79 Å². The Kier molecular flexibility index (Phi) is 3.37. The van der Waals surface area contributed by atoms with E-state index in [4.69, 9.17) is 13.9 Å². The highest BCUT2D eigenvalue weighted by molar-refractivity contribution is 5.81. The topological polar surface area (TPSA) is 48.7 Å². The number of methoxy groups -OCH3 is 1. The van der Waals surface area contributed by atoms with Crippen LogP contribution in [-0.4, -0.2) is 7.11 Å². The lowest BCUT2D eigenvalue weighted by atomic mass is 10.1. The van der Waals surface area contributed by atoms with Crippen molar-refractivity contribution < 1.29 is 13.9 Å². The third kappa shape index (κ3) is 2.53. The van der Waals surface area contributed by atoms with Gasteiger partial charge in [0.15, 0.2) is 0 Å². The SMILES string of the molecule is C=C(C)OCc1cc(=O)oc2cc(OC)ccc12. The normalized spacial score (nSPS) is 10.3. The molecule has 0 bridgehead atoms. The van der Waals surface area contributed by atoms with Crippen LogP contribution in [0.3, 0.4) is 0 Å². The smallest absolute Gasteiger partial charge is 0.336 e. The van der Waals surface area contributed by atoms with Gasteiger partial charge in [0.05, 0.1) is 12.9 Å². The van der Waals surface area contributed by atoms with Gasteiger partial charge in [-0.25, -0.2) is 4.79 Å². The molecular formula is C14H14O4. The van der Waals surface area contributed by atoms with E-state index < -0.39 is 5.63 Å². The minimum Gasteiger partial charge on any atom is -0.497 e. The summed E-state index contributed by atoms with van der Waals surface area (Å²) in [6.45, 7) is 5.71. The van der Waals surface area contributed by atoms with Gasteiger partial charge in [-0.1, -0.05) is 6.58 Å². The van der Waals surface area contributed by atoms with E-state index in [1.54, 1.807) is 20.1 Å². The third-order valence-corrected chi connectivity index (χ3v) is 2.51. The number of allylic oxidation sites excluding steroid dienone is 1. The number of ether oxygens (including phenoxy) is 2. The molecule has 0 spiro atoms. The Hall–Kier alpha value is -2.23. The Morgan fingerprint density at radius 3 is 2.83 bits per heavy atom. The Labute approximate surface area is 104 Å². The quantitative estimate of drug-likeness (QED) is 0.614. The summed E-state index contributed by atoms with van der Waals surface area (Å²) in [7, 11) is 1.56. The maximum absolute atomic E-state index is 11.5. The zero-order valence-corrected chi connectivity index (χ0v) is 10.4. The van der Waals surface area contributed by atoms with Gasteiger partial charge in [-0.3, -0.25) is 0 Å². The summed E-state index contributed by atoms with van der Waals surface area (Å²) >= 11 is 0. The standard InChI is InChI=1S/C14H14O4/c1-9(2)17-8-10-6-14(15)18-13-7-11(16-3)4-5-12(10)13/h4-7H,1,8H2,2-3H3. The summed E-state index contributed by atoms with van der Waals surface area (Å²) in [5, 5.41) is 0.830. The van der Waals surface area contributed by atoms with Crippen LogP contribution in [-0.2, 0) is 11.3 Å². The van der Waals surface area contributed by atoms with Crippen molar-refractivity contribution in [3.63, 3.8) is 0 Å². The predicted molar refractivity (Wildman–Crippen MR) is 68.6 cm³/mol. The fraction of sp³-hybridized carbons (Fsp3) is 0.214. The molecule has 0 amide bonds. The van der Waals surface area contributed by atoms with Crippen LogP contribution in [0, 0.1) is 0 Å². The molecule has 2 rings (SSSR count). The monoisotopic (exact) mass is 246 g/mol. The number of benzene rings is 1. The van der Waals surface area contributed by atoms with E-state index in [0.717, 1.165) is 10.9 Å². The third-order valence-electron chi connectivity index (χ3n) is 2.51. The van der Waals surface area contributed by atoms with Gasteiger partial charge in [0.1, 0.15) is 17.9 Å². The van der Waals surface area contributed by atoms with E-state index in [0.29, 0.717) is 23.7 Å². The van der Waals surface area contributed by atoms with Crippen molar-refractivity contribution in [2.75, 3.05) is 7.11 Å². The average Bonchev–Trinajstić information content (AvgIpc) is 2.34. The summed E-state index contributed by atoms with van der Waals surface area (Å²) in [6, 6.07) is 6.76. The van der Waals surface area contributed by atoms with Gasteiger partial charge in [-0.15, -0.1) is 0 Å². The average molecular weight is 246 g/mol. The molecule has 0 unspecified atom stereocenters. The highest BCUT2D eigenvalue weighted by atomic mass is 16.5. The van der Waals surface area contributed by atoms with E-state index in [1.807, 2.05) is 12.1 Å². The Morgan fingerprint density at radius 1 is 1.39 bits per heavy atom. The second-order valence-electron chi connectivity index (χ2n) is 3.94. The predicted octanol–water partition coefficient (Wildman–Crippen LogP) is 2.85. The first-order valence-corrected chi connectivity index (χ1v) is 5.49. The lowest BCUT2D eigenvalue weighted by Gasteiger charge is -2.08. The van der Waals surface area contributed by atoms with Crippen LogP contribution in [0.15, 0.2) is 45.8 Å². The summed E-state index contributed by atoms with van der Waals surface area (Å²) < 4.78 is 15.6. The second-order valence-corrected chi connectivity index (χ2v) is 3.94. The zero-order valence-electron chi connectivity index (χ0n) is 10.4. The van der Waals surface area contributed by atoms with Crippen LogP contribution in [0.4, 0.5) is 0 Å². The zero-order chi connectivity index (χ0) is 13.1. The van der Waals surface area contributed by atoms with Crippen molar-refractivity contribution >= 4 is 11.0 Å². The molecule has 94 valence electrons. The van der Waals surface area contributed by atoms with Crippen molar-refractivity contribution in [3.05, 3.63) is 52.6 Å². The second kappa shape index (κ2) is 4.96. The number of rotatable bonds is 4. The largest absolute Gasteiger partial charge is 0.497 e. The summed E-state index contributed by atoms with van der Waals surface area (Å²) in [6.07, 6.45) is 0. The molecule has 1 heterocycles. The van der Waals surface area contributed by atoms with E-state index in [-0.39, 0.29) is 0 Å². The minimum absolute atomic E-state index is 0.295. The fourth-order valence-electron chi connectivity index (χ4n) is 1.66. The van der Waals surface area contributed by atoms with Gasteiger partial charge in [-0.05, 0) is 19.1 Å². The van der Waals surface area contributed by atoms with Gasteiger partial charge in [0, 0.05) is 23.1 Å². The maximum Gasteiger partial charge on any atom is 0.336 e. The van der Waals surface area contributed by atoms with Crippen molar-refractivity contribution in [1.82, 2.24) is 0 Å². The highest BCUT2D eigenvalue weighted by Gasteiger charge is 2.07. The van der Waals surface area contributed by atoms with Crippen molar-refractivity contribution in [1.29, 1.82) is 0 Å². The van der Waals surface area contributed by atoms with Gasteiger partial charge in [0.2, 0.25) is 0 Å². The highest BCUT2D eigenvalue weighted by Crippen LogP contribution is 2.23. The Morgan fingerprint density at radius 2 is 2.17 bits per heavy atom. The molecule has 0 aliphatic carbocycles. The minimum atomic E-state index is -0.406.